The van der Waals surface area contributed by atoms with Crippen molar-refractivity contribution in [1.82, 2.24) is 14.8 Å². The van der Waals surface area contributed by atoms with Gasteiger partial charge in [0.15, 0.2) is 5.78 Å². The molecule has 7 heteroatoms. The van der Waals surface area contributed by atoms with Gasteiger partial charge in [0.2, 0.25) is 0 Å². The molecule has 33 heavy (non-hydrogen) atoms. The third kappa shape index (κ3) is 3.26. The summed E-state index contributed by atoms with van der Waals surface area (Å²) in [6.45, 7) is 3.32. The first-order chi connectivity index (χ1) is 15.8. The van der Waals surface area contributed by atoms with E-state index >= 15 is 0 Å². The lowest BCUT2D eigenvalue weighted by atomic mass is 9.76. The molecule has 1 fully saturated rings. The fourth-order valence-corrected chi connectivity index (χ4v) is 5.22. The van der Waals surface area contributed by atoms with Crippen LogP contribution in [0.5, 0.6) is 0 Å². The first-order valence-corrected chi connectivity index (χ1v) is 11.0. The lowest BCUT2D eigenvalue weighted by Crippen LogP contribution is -2.46. The van der Waals surface area contributed by atoms with Crippen LogP contribution in [0.1, 0.15) is 45.7 Å². The molecular weight excluding hydrogens is 421 g/mol. The Hall–Kier alpha value is -3.74. The van der Waals surface area contributed by atoms with Gasteiger partial charge in [-0.2, -0.15) is 0 Å². The lowest BCUT2D eigenvalue weighted by Gasteiger charge is -2.33. The number of imide groups is 1. The van der Waals surface area contributed by atoms with Gasteiger partial charge in [0, 0.05) is 22.6 Å². The summed E-state index contributed by atoms with van der Waals surface area (Å²) in [6.07, 6.45) is 2.15. The van der Waals surface area contributed by atoms with E-state index in [1.165, 1.54) is 12.1 Å². The number of rotatable bonds is 4. The molecule has 1 spiro atoms. The molecule has 168 valence electrons. The molecule has 2 aliphatic rings. The van der Waals surface area contributed by atoms with Crippen molar-refractivity contribution in [2.45, 2.75) is 38.6 Å². The monoisotopic (exact) mass is 445 g/mol. The highest BCUT2D eigenvalue weighted by Gasteiger charge is 2.54. The minimum Gasteiger partial charge on any atom is -0.319 e. The number of aryl methyl sites for hydroxylation is 2. The van der Waals surface area contributed by atoms with Crippen molar-refractivity contribution in [2.75, 3.05) is 6.54 Å². The molecule has 1 aliphatic carbocycles. The molecule has 0 unspecified atom stereocenters. The number of halogens is 1. The maximum absolute atomic E-state index is 13.5. The van der Waals surface area contributed by atoms with Crippen molar-refractivity contribution in [1.29, 1.82) is 0 Å². The summed E-state index contributed by atoms with van der Waals surface area (Å²) in [7, 11) is 0. The number of hydrogen-bond donors (Lipinski definition) is 1. The molecule has 1 atom stereocenters. The number of benzene rings is 2. The van der Waals surface area contributed by atoms with Crippen LogP contribution in [0, 0.1) is 19.7 Å². The largest absolute Gasteiger partial charge is 0.325 e. The molecule has 2 aromatic carbocycles. The SMILES string of the molecule is Cc1cc(C(=O)CN2C(=O)N[C@]3(CCCc4ccccc43)C2=O)c(C)n1-c1ccc(F)cc1. The Balaban J connectivity index is 1.44. The number of carbonyl (C=O) groups excluding carboxylic acids is 3. The van der Waals surface area contributed by atoms with Crippen molar-refractivity contribution < 1.29 is 18.8 Å². The number of carbonyl (C=O) groups is 3. The molecule has 0 bridgehead atoms. The van der Waals surface area contributed by atoms with E-state index in [1.807, 2.05) is 35.8 Å². The van der Waals surface area contributed by atoms with Crippen LogP contribution in [0.2, 0.25) is 0 Å². The molecule has 5 rings (SSSR count). The van der Waals surface area contributed by atoms with Crippen LogP contribution >= 0.6 is 0 Å². The number of aromatic nitrogens is 1. The Kier molecular flexibility index (Phi) is 4.92. The van der Waals surface area contributed by atoms with Crippen LogP contribution < -0.4 is 5.32 Å². The second-order valence-electron chi connectivity index (χ2n) is 8.76. The number of hydrogen-bond acceptors (Lipinski definition) is 3. The van der Waals surface area contributed by atoms with E-state index in [2.05, 4.69) is 5.32 Å². The average molecular weight is 445 g/mol. The van der Waals surface area contributed by atoms with E-state index in [9.17, 15) is 18.8 Å². The Morgan fingerprint density at radius 2 is 1.82 bits per heavy atom. The van der Waals surface area contributed by atoms with E-state index in [4.69, 9.17) is 0 Å². The van der Waals surface area contributed by atoms with Crippen LogP contribution in [0.15, 0.2) is 54.6 Å². The smallest absolute Gasteiger partial charge is 0.319 e. The Morgan fingerprint density at radius 1 is 1.09 bits per heavy atom. The quantitative estimate of drug-likeness (QED) is 0.483. The van der Waals surface area contributed by atoms with E-state index in [0.29, 0.717) is 17.7 Å². The zero-order valence-corrected chi connectivity index (χ0v) is 18.5. The van der Waals surface area contributed by atoms with Crippen LogP contribution in [0.4, 0.5) is 9.18 Å². The molecule has 1 saturated heterocycles. The van der Waals surface area contributed by atoms with E-state index in [1.54, 1.807) is 25.1 Å². The predicted octanol–water partition coefficient (Wildman–Crippen LogP) is 4.20. The number of nitrogens with one attached hydrogen (secondary N) is 1. The fourth-order valence-electron chi connectivity index (χ4n) is 5.22. The van der Waals surface area contributed by atoms with Gasteiger partial charge in [-0.3, -0.25) is 14.5 Å². The van der Waals surface area contributed by atoms with Gasteiger partial charge >= 0.3 is 6.03 Å². The summed E-state index contributed by atoms with van der Waals surface area (Å²) >= 11 is 0. The van der Waals surface area contributed by atoms with E-state index in [-0.39, 0.29) is 24.1 Å². The second-order valence-corrected chi connectivity index (χ2v) is 8.76. The Morgan fingerprint density at radius 3 is 2.58 bits per heavy atom. The van der Waals surface area contributed by atoms with E-state index < -0.39 is 11.6 Å². The molecule has 1 aliphatic heterocycles. The van der Waals surface area contributed by atoms with Gasteiger partial charge in [-0.25, -0.2) is 9.18 Å². The summed E-state index contributed by atoms with van der Waals surface area (Å²) in [5.41, 5.74) is 3.41. The molecule has 6 nitrogen and oxygen atoms in total. The molecule has 1 N–H and O–H groups in total. The highest BCUT2D eigenvalue weighted by molar-refractivity contribution is 6.12. The third-order valence-corrected chi connectivity index (χ3v) is 6.77. The van der Waals surface area contributed by atoms with E-state index in [0.717, 1.165) is 40.2 Å². The van der Waals surface area contributed by atoms with Crippen molar-refractivity contribution >= 4 is 17.7 Å². The standard InChI is InChI=1S/C26H24FN3O3/c1-16-14-21(17(2)30(16)20-11-9-19(27)10-12-20)23(31)15-29-24(32)26(28-25(29)33)13-5-7-18-6-3-4-8-22(18)26/h3-4,6,8-12,14H,5,7,13,15H2,1-2H3,(H,28,33)/t26-/m0/s1. The Labute approximate surface area is 191 Å². The van der Waals surface area contributed by atoms with Gasteiger partial charge in [0.05, 0.1) is 6.54 Å². The van der Waals surface area contributed by atoms with Gasteiger partial charge < -0.3 is 9.88 Å². The highest BCUT2D eigenvalue weighted by Crippen LogP contribution is 2.40. The number of nitrogens with zero attached hydrogens (tertiary/aromatic N) is 2. The van der Waals surface area contributed by atoms with Crippen molar-refractivity contribution in [3.63, 3.8) is 0 Å². The first kappa shape index (κ1) is 21.1. The Bertz CT molecular complexity index is 1290. The summed E-state index contributed by atoms with van der Waals surface area (Å²) in [5, 5.41) is 2.89. The zero-order valence-electron chi connectivity index (χ0n) is 18.5. The number of fused-ring (bicyclic) bond motifs is 2. The number of amides is 3. The van der Waals surface area contributed by atoms with Gasteiger partial charge in [0.25, 0.3) is 5.91 Å². The fraction of sp³-hybridized carbons (Fsp3) is 0.269. The molecule has 3 aromatic rings. The van der Waals surface area contributed by atoms with Crippen molar-refractivity contribution in [2.24, 2.45) is 0 Å². The van der Waals surface area contributed by atoms with Gasteiger partial charge in [-0.1, -0.05) is 24.3 Å². The van der Waals surface area contributed by atoms with Gasteiger partial charge in [-0.05, 0) is 74.6 Å². The highest BCUT2D eigenvalue weighted by atomic mass is 19.1. The molecule has 0 radical (unpaired) electrons. The number of ketones is 1. The van der Waals surface area contributed by atoms with Gasteiger partial charge in [0.1, 0.15) is 11.4 Å². The normalized spacial score (nSPS) is 19.7. The molecule has 1 aromatic heterocycles. The predicted molar refractivity (Wildman–Crippen MR) is 121 cm³/mol. The number of Topliss-reactive ketones (excluding diaryl/α,β-unsaturated/α-hetero) is 1. The molecule has 2 heterocycles. The minimum absolute atomic E-state index is 0.318. The van der Waals surface area contributed by atoms with Crippen LogP contribution in [0.3, 0.4) is 0 Å². The second kappa shape index (κ2) is 7.69. The van der Waals surface area contributed by atoms with Crippen molar-refractivity contribution in [3.8, 4) is 5.69 Å². The third-order valence-electron chi connectivity index (χ3n) is 6.77. The minimum atomic E-state index is -1.10. The maximum Gasteiger partial charge on any atom is 0.325 e. The summed E-state index contributed by atoms with van der Waals surface area (Å²) in [5.74, 6) is -1.03. The first-order valence-electron chi connectivity index (χ1n) is 11.0. The van der Waals surface area contributed by atoms with Crippen LogP contribution in [0.25, 0.3) is 5.69 Å². The van der Waals surface area contributed by atoms with Crippen LogP contribution in [-0.4, -0.2) is 33.7 Å². The summed E-state index contributed by atoms with van der Waals surface area (Å²) < 4.78 is 15.2. The molecular formula is C26H24FN3O3. The number of urea groups is 1. The van der Waals surface area contributed by atoms with Crippen LogP contribution in [-0.2, 0) is 16.8 Å². The zero-order chi connectivity index (χ0) is 23.3. The molecule has 0 saturated carbocycles. The molecule has 3 amide bonds. The topological polar surface area (TPSA) is 71.4 Å². The maximum atomic E-state index is 13.5. The summed E-state index contributed by atoms with van der Waals surface area (Å²) in [4.78, 5) is 40.6. The average Bonchev–Trinajstić information content (AvgIpc) is 3.23. The van der Waals surface area contributed by atoms with Gasteiger partial charge in [-0.15, -0.1) is 0 Å². The summed E-state index contributed by atoms with van der Waals surface area (Å²) in [6, 6.07) is 14.9. The van der Waals surface area contributed by atoms with Crippen molar-refractivity contribution in [3.05, 3.63) is 88.5 Å². The lowest BCUT2D eigenvalue weighted by molar-refractivity contribution is -0.131.